The molecule has 0 radical (unpaired) electrons. The first-order valence-corrected chi connectivity index (χ1v) is 6.82. The number of ether oxygens (including phenoxy) is 1. The molecule has 0 saturated heterocycles. The van der Waals surface area contributed by atoms with Gasteiger partial charge in [-0.05, 0) is 43.4 Å². The van der Waals surface area contributed by atoms with Crippen LogP contribution in [-0.4, -0.2) is 18.5 Å². The third-order valence-electron chi connectivity index (χ3n) is 3.21. The number of anilines is 1. The first-order chi connectivity index (χ1) is 9.63. The molecule has 2 rings (SSSR count). The molecule has 1 aliphatic carbocycles. The van der Waals surface area contributed by atoms with Crippen molar-refractivity contribution in [3.05, 3.63) is 42.0 Å². The average Bonchev–Trinajstić information content (AvgIpc) is 2.89. The Morgan fingerprint density at radius 1 is 1.40 bits per heavy atom. The molecule has 1 aromatic rings. The second-order valence-corrected chi connectivity index (χ2v) is 5.05. The van der Waals surface area contributed by atoms with Gasteiger partial charge < -0.3 is 10.1 Å². The number of amides is 1. The number of nitrogens with one attached hydrogen (secondary N) is 1. The SMILES string of the molecule is Cc1cccc(NC(=O)COC(=O)C[C@@H]2C=CCC2)c1. The minimum absolute atomic E-state index is 0.233. The first kappa shape index (κ1) is 14.3. The number of esters is 1. The van der Waals surface area contributed by atoms with Crippen LogP contribution in [0.5, 0.6) is 0 Å². The topological polar surface area (TPSA) is 55.4 Å². The number of carbonyl (C=O) groups is 2. The van der Waals surface area contributed by atoms with E-state index in [0.717, 1.165) is 18.4 Å². The minimum atomic E-state index is -0.319. The van der Waals surface area contributed by atoms with Crippen LogP contribution in [0, 0.1) is 12.8 Å². The molecule has 1 aromatic carbocycles. The normalized spacial score (nSPS) is 16.9. The van der Waals surface area contributed by atoms with Crippen molar-refractivity contribution in [2.75, 3.05) is 11.9 Å². The quantitative estimate of drug-likeness (QED) is 0.663. The lowest BCUT2D eigenvalue weighted by atomic mass is 10.1. The molecule has 0 heterocycles. The molecule has 4 heteroatoms. The number of aryl methyl sites for hydroxylation is 1. The largest absolute Gasteiger partial charge is 0.456 e. The van der Waals surface area contributed by atoms with Crippen LogP contribution in [0.25, 0.3) is 0 Å². The lowest BCUT2D eigenvalue weighted by Gasteiger charge is -2.09. The predicted molar refractivity (Wildman–Crippen MR) is 77.2 cm³/mol. The third kappa shape index (κ3) is 4.53. The zero-order chi connectivity index (χ0) is 14.4. The van der Waals surface area contributed by atoms with Crippen LogP contribution in [0.3, 0.4) is 0 Å². The first-order valence-electron chi connectivity index (χ1n) is 6.82. The zero-order valence-corrected chi connectivity index (χ0v) is 11.6. The van der Waals surface area contributed by atoms with Gasteiger partial charge in [0.2, 0.25) is 0 Å². The van der Waals surface area contributed by atoms with E-state index in [0.29, 0.717) is 12.1 Å². The van der Waals surface area contributed by atoms with Crippen molar-refractivity contribution in [3.63, 3.8) is 0 Å². The number of rotatable bonds is 5. The van der Waals surface area contributed by atoms with Crippen LogP contribution in [0.15, 0.2) is 36.4 Å². The van der Waals surface area contributed by atoms with Crippen molar-refractivity contribution in [1.82, 2.24) is 0 Å². The second-order valence-electron chi connectivity index (χ2n) is 5.05. The lowest BCUT2D eigenvalue weighted by Crippen LogP contribution is -2.21. The van der Waals surface area contributed by atoms with E-state index in [-0.39, 0.29) is 24.4 Å². The molecule has 1 N–H and O–H groups in total. The van der Waals surface area contributed by atoms with Crippen molar-refractivity contribution in [2.24, 2.45) is 5.92 Å². The highest BCUT2D eigenvalue weighted by Crippen LogP contribution is 2.20. The molecule has 1 aliphatic rings. The van der Waals surface area contributed by atoms with Crippen LogP contribution in [-0.2, 0) is 14.3 Å². The summed E-state index contributed by atoms with van der Waals surface area (Å²) >= 11 is 0. The van der Waals surface area contributed by atoms with Gasteiger partial charge in [-0.15, -0.1) is 0 Å². The van der Waals surface area contributed by atoms with Crippen LogP contribution in [0.1, 0.15) is 24.8 Å². The second kappa shape index (κ2) is 6.89. The molecule has 20 heavy (non-hydrogen) atoms. The van der Waals surface area contributed by atoms with Gasteiger partial charge in [-0.1, -0.05) is 24.3 Å². The summed E-state index contributed by atoms with van der Waals surface area (Å²) in [6.45, 7) is 1.72. The minimum Gasteiger partial charge on any atom is -0.456 e. The number of carbonyl (C=O) groups excluding carboxylic acids is 2. The standard InChI is InChI=1S/C16H19NO3/c1-12-5-4-8-14(9-12)17-15(18)11-20-16(19)10-13-6-2-3-7-13/h2,4-6,8-9,13H,3,7,10-11H2,1H3,(H,17,18)/t13-/m1/s1. The molecule has 0 saturated carbocycles. The summed E-state index contributed by atoms with van der Waals surface area (Å²) in [6, 6.07) is 7.48. The Kier molecular flexibility index (Phi) is 4.93. The molecule has 0 bridgehead atoms. The van der Waals surface area contributed by atoms with Gasteiger partial charge in [0.15, 0.2) is 6.61 Å². The Balaban J connectivity index is 1.71. The van der Waals surface area contributed by atoms with E-state index in [1.165, 1.54) is 0 Å². The summed E-state index contributed by atoms with van der Waals surface area (Å²) in [6.07, 6.45) is 6.47. The monoisotopic (exact) mass is 273 g/mol. The van der Waals surface area contributed by atoms with Crippen molar-refractivity contribution < 1.29 is 14.3 Å². The van der Waals surface area contributed by atoms with Gasteiger partial charge in [0.05, 0.1) is 6.42 Å². The van der Waals surface area contributed by atoms with Crippen LogP contribution < -0.4 is 5.32 Å². The van der Waals surface area contributed by atoms with Crippen molar-refractivity contribution in [2.45, 2.75) is 26.2 Å². The van der Waals surface area contributed by atoms with E-state index in [1.54, 1.807) is 6.07 Å². The van der Waals surface area contributed by atoms with Gasteiger partial charge in [0.1, 0.15) is 0 Å². The van der Waals surface area contributed by atoms with Gasteiger partial charge in [-0.25, -0.2) is 0 Å². The van der Waals surface area contributed by atoms with Crippen LogP contribution in [0.2, 0.25) is 0 Å². The van der Waals surface area contributed by atoms with E-state index in [1.807, 2.05) is 31.2 Å². The molecule has 0 aromatic heterocycles. The zero-order valence-electron chi connectivity index (χ0n) is 11.6. The molecule has 0 fully saturated rings. The average molecular weight is 273 g/mol. The summed E-state index contributed by atoms with van der Waals surface area (Å²) in [5.74, 6) is -0.366. The van der Waals surface area contributed by atoms with Crippen LogP contribution in [0.4, 0.5) is 5.69 Å². The smallest absolute Gasteiger partial charge is 0.306 e. The Morgan fingerprint density at radius 3 is 2.95 bits per heavy atom. The van der Waals surface area contributed by atoms with Crippen LogP contribution >= 0.6 is 0 Å². The number of allylic oxidation sites excluding steroid dienone is 2. The molecule has 0 aliphatic heterocycles. The maximum atomic E-state index is 11.7. The number of hydrogen-bond acceptors (Lipinski definition) is 3. The van der Waals surface area contributed by atoms with Gasteiger partial charge in [-0.2, -0.15) is 0 Å². The van der Waals surface area contributed by atoms with E-state index in [2.05, 4.69) is 11.4 Å². The number of benzene rings is 1. The van der Waals surface area contributed by atoms with Gasteiger partial charge in [-0.3, -0.25) is 9.59 Å². The highest BCUT2D eigenvalue weighted by atomic mass is 16.5. The maximum Gasteiger partial charge on any atom is 0.306 e. The molecule has 1 amide bonds. The third-order valence-corrected chi connectivity index (χ3v) is 3.21. The highest BCUT2D eigenvalue weighted by Gasteiger charge is 2.15. The summed E-state index contributed by atoms with van der Waals surface area (Å²) in [4.78, 5) is 23.2. The van der Waals surface area contributed by atoms with Gasteiger partial charge >= 0.3 is 5.97 Å². The number of hydrogen-bond donors (Lipinski definition) is 1. The molecule has 0 spiro atoms. The fraction of sp³-hybridized carbons (Fsp3) is 0.375. The van der Waals surface area contributed by atoms with E-state index >= 15 is 0 Å². The molecule has 106 valence electrons. The highest BCUT2D eigenvalue weighted by molar-refractivity contribution is 5.92. The molecular weight excluding hydrogens is 254 g/mol. The van der Waals surface area contributed by atoms with Crippen molar-refractivity contribution in [1.29, 1.82) is 0 Å². The van der Waals surface area contributed by atoms with E-state index in [4.69, 9.17) is 4.74 Å². The summed E-state index contributed by atoms with van der Waals surface area (Å²) in [7, 11) is 0. The van der Waals surface area contributed by atoms with Crippen molar-refractivity contribution >= 4 is 17.6 Å². The summed E-state index contributed by atoms with van der Waals surface area (Å²) < 4.78 is 4.98. The molecule has 1 atom stereocenters. The Hall–Kier alpha value is -2.10. The molecular formula is C16H19NO3. The fourth-order valence-electron chi connectivity index (χ4n) is 2.20. The molecule has 0 unspecified atom stereocenters. The summed E-state index contributed by atoms with van der Waals surface area (Å²) in [5, 5.41) is 2.70. The van der Waals surface area contributed by atoms with Gasteiger partial charge in [0.25, 0.3) is 5.91 Å². The summed E-state index contributed by atoms with van der Waals surface area (Å²) in [5.41, 5.74) is 1.78. The lowest BCUT2D eigenvalue weighted by molar-refractivity contribution is -0.147. The maximum absolute atomic E-state index is 11.7. The predicted octanol–water partition coefficient (Wildman–Crippen LogP) is 2.83. The Labute approximate surface area is 118 Å². The Morgan fingerprint density at radius 2 is 2.25 bits per heavy atom. The fourth-order valence-corrected chi connectivity index (χ4v) is 2.20. The Bertz CT molecular complexity index is 522. The van der Waals surface area contributed by atoms with E-state index < -0.39 is 0 Å². The molecule has 4 nitrogen and oxygen atoms in total. The van der Waals surface area contributed by atoms with Gasteiger partial charge in [0, 0.05) is 5.69 Å². The van der Waals surface area contributed by atoms with Crippen molar-refractivity contribution in [3.8, 4) is 0 Å². The van der Waals surface area contributed by atoms with E-state index in [9.17, 15) is 9.59 Å².